The zero-order valence-electron chi connectivity index (χ0n) is 17.0. The van der Waals surface area contributed by atoms with Crippen molar-refractivity contribution in [1.82, 2.24) is 5.32 Å². The maximum Gasteiger partial charge on any atom is 0.202 e. The fraction of sp³-hybridized carbons (Fsp3) is 0.500. The van der Waals surface area contributed by atoms with Crippen molar-refractivity contribution in [2.24, 2.45) is 0 Å². The lowest BCUT2D eigenvalue weighted by Crippen LogP contribution is -2.40. The van der Waals surface area contributed by atoms with Gasteiger partial charge in [-0.3, -0.25) is 0 Å². The SMILES string of the molecule is [2H]C([2H])([2H])C(=[N+]1CCC[C@H]1C(=S)N[C@H](C)c1ccccc1)C([2H])([2H])[2H]. The van der Waals surface area contributed by atoms with Crippen molar-refractivity contribution < 1.29 is 12.8 Å². The third kappa shape index (κ3) is 3.41. The van der Waals surface area contributed by atoms with Gasteiger partial charge in [0, 0.05) is 40.8 Å². The Morgan fingerprint density at radius 2 is 2.16 bits per heavy atom. The predicted molar refractivity (Wildman–Crippen MR) is 85.1 cm³/mol. The van der Waals surface area contributed by atoms with Crippen molar-refractivity contribution in [2.75, 3.05) is 6.54 Å². The average Bonchev–Trinajstić information content (AvgIpc) is 2.93. The van der Waals surface area contributed by atoms with Crippen LogP contribution in [0, 0.1) is 0 Å². The van der Waals surface area contributed by atoms with E-state index in [0.29, 0.717) is 24.4 Å². The molecule has 0 radical (unpaired) electrons. The molecule has 2 nitrogen and oxygen atoms in total. The van der Waals surface area contributed by atoms with Crippen molar-refractivity contribution in [2.45, 2.75) is 45.6 Å². The third-order valence-corrected chi connectivity index (χ3v) is 3.89. The highest BCUT2D eigenvalue weighted by atomic mass is 32.1. The van der Waals surface area contributed by atoms with Gasteiger partial charge in [0.25, 0.3) is 0 Å². The van der Waals surface area contributed by atoms with E-state index < -0.39 is 25.5 Å². The molecular weight excluding hydrogens is 252 g/mol. The van der Waals surface area contributed by atoms with E-state index in [1.54, 1.807) is 0 Å². The summed E-state index contributed by atoms with van der Waals surface area (Å²) in [6.07, 6.45) is 1.35. The summed E-state index contributed by atoms with van der Waals surface area (Å²) in [5.41, 5.74) is 0.573. The van der Waals surface area contributed by atoms with Crippen LogP contribution in [-0.4, -0.2) is 27.9 Å². The molecule has 3 heteroatoms. The number of hydrogen-bond acceptors (Lipinski definition) is 1. The first-order valence-electron chi connectivity index (χ1n) is 9.51. The molecule has 0 amide bonds. The lowest BCUT2D eigenvalue weighted by molar-refractivity contribution is -0.527. The maximum atomic E-state index is 7.65. The summed E-state index contributed by atoms with van der Waals surface area (Å²) in [6.45, 7) is -2.99. The van der Waals surface area contributed by atoms with Crippen LogP contribution < -0.4 is 5.32 Å². The molecule has 1 aliphatic heterocycles. The van der Waals surface area contributed by atoms with E-state index >= 15 is 0 Å². The van der Waals surface area contributed by atoms with Crippen LogP contribution in [0.4, 0.5) is 0 Å². The number of benzene rings is 1. The highest BCUT2D eigenvalue weighted by Crippen LogP contribution is 2.17. The summed E-state index contributed by atoms with van der Waals surface area (Å²) in [6, 6.07) is 9.32. The fourth-order valence-electron chi connectivity index (χ4n) is 2.44. The molecule has 1 aliphatic rings. The minimum Gasteiger partial charge on any atom is -0.368 e. The Balaban J connectivity index is 2.28. The zero-order valence-corrected chi connectivity index (χ0v) is 11.8. The summed E-state index contributed by atoms with van der Waals surface area (Å²) in [5, 5.41) is 3.23. The van der Waals surface area contributed by atoms with Crippen LogP contribution in [0.15, 0.2) is 30.3 Å². The van der Waals surface area contributed by atoms with Crippen molar-refractivity contribution >= 4 is 22.9 Å². The van der Waals surface area contributed by atoms with Gasteiger partial charge in [-0.05, 0) is 12.5 Å². The minimum absolute atomic E-state index is 0.0416. The second kappa shape index (κ2) is 6.29. The monoisotopic (exact) mass is 281 g/mol. The molecule has 0 saturated carbocycles. The normalized spacial score (nSPS) is 26.2. The van der Waals surface area contributed by atoms with Gasteiger partial charge in [-0.25, -0.2) is 4.58 Å². The second-order valence-electron chi connectivity index (χ2n) is 4.84. The van der Waals surface area contributed by atoms with Crippen LogP contribution in [0.3, 0.4) is 0 Å². The number of hydrogen-bond donors (Lipinski definition) is 1. The Morgan fingerprint density at radius 1 is 1.42 bits per heavy atom. The summed E-state index contributed by atoms with van der Waals surface area (Å²) >= 11 is 5.50. The molecular formula is C16H23N2S+. The molecule has 0 bridgehead atoms. The van der Waals surface area contributed by atoms with E-state index in [1.807, 2.05) is 37.3 Å². The maximum absolute atomic E-state index is 7.65. The van der Waals surface area contributed by atoms with Crippen molar-refractivity contribution in [3.05, 3.63) is 35.9 Å². The van der Waals surface area contributed by atoms with Crippen molar-refractivity contribution in [3.8, 4) is 0 Å². The first-order chi connectivity index (χ1) is 11.5. The van der Waals surface area contributed by atoms with Gasteiger partial charge in [0.2, 0.25) is 6.04 Å². The quantitative estimate of drug-likeness (QED) is 0.675. The molecule has 102 valence electrons. The highest BCUT2D eigenvalue weighted by molar-refractivity contribution is 7.80. The van der Waals surface area contributed by atoms with E-state index in [-0.39, 0.29) is 6.04 Å². The van der Waals surface area contributed by atoms with Crippen molar-refractivity contribution in [3.63, 3.8) is 0 Å². The number of nitrogens with one attached hydrogen (secondary N) is 1. The first-order valence-corrected chi connectivity index (χ1v) is 6.92. The van der Waals surface area contributed by atoms with Gasteiger partial charge in [0.05, 0.1) is 0 Å². The molecule has 0 aromatic heterocycles. The Labute approximate surface area is 130 Å². The summed E-state index contributed by atoms with van der Waals surface area (Å²) < 4.78 is 47.4. The molecule has 0 spiro atoms. The predicted octanol–water partition coefficient (Wildman–Crippen LogP) is 3.32. The molecule has 1 aromatic rings. The topological polar surface area (TPSA) is 15.0 Å². The Morgan fingerprint density at radius 3 is 2.84 bits per heavy atom. The van der Waals surface area contributed by atoms with Gasteiger partial charge in [-0.15, -0.1) is 0 Å². The lowest BCUT2D eigenvalue weighted by atomic mass is 10.1. The Kier molecular flexibility index (Phi) is 2.70. The summed E-state index contributed by atoms with van der Waals surface area (Å²) in [4.78, 5) is 0.486. The molecule has 1 saturated heterocycles. The van der Waals surface area contributed by atoms with Gasteiger partial charge in [0.1, 0.15) is 17.2 Å². The number of nitrogens with zero attached hydrogens (tertiary/aromatic N) is 1. The van der Waals surface area contributed by atoms with Crippen LogP contribution in [0.25, 0.3) is 0 Å². The van der Waals surface area contributed by atoms with Crippen LogP contribution >= 0.6 is 12.2 Å². The Bertz CT molecular complexity index is 635. The largest absolute Gasteiger partial charge is 0.368 e. The highest BCUT2D eigenvalue weighted by Gasteiger charge is 2.32. The van der Waals surface area contributed by atoms with E-state index in [9.17, 15) is 0 Å². The van der Waals surface area contributed by atoms with Crippen LogP contribution in [-0.2, 0) is 0 Å². The summed E-state index contributed by atoms with van der Waals surface area (Å²) in [7, 11) is 0. The van der Waals surface area contributed by atoms with E-state index in [2.05, 4.69) is 5.32 Å². The molecule has 2 atom stereocenters. The minimum atomic E-state index is -2.67. The van der Waals surface area contributed by atoms with Crippen LogP contribution in [0.1, 0.15) is 53.3 Å². The zero-order chi connectivity index (χ0) is 18.8. The molecule has 1 fully saturated rings. The second-order valence-corrected chi connectivity index (χ2v) is 5.28. The van der Waals surface area contributed by atoms with Crippen molar-refractivity contribution in [1.29, 1.82) is 0 Å². The van der Waals surface area contributed by atoms with Gasteiger partial charge in [0.15, 0.2) is 0 Å². The van der Waals surface area contributed by atoms with E-state index in [1.165, 1.54) is 4.58 Å². The molecule has 0 unspecified atom stereocenters. The molecule has 1 aromatic carbocycles. The molecule has 0 aliphatic carbocycles. The average molecular weight is 281 g/mol. The third-order valence-electron chi connectivity index (χ3n) is 3.50. The van der Waals surface area contributed by atoms with Crippen LogP contribution in [0.2, 0.25) is 0 Å². The lowest BCUT2D eigenvalue weighted by Gasteiger charge is -2.18. The molecule has 1 heterocycles. The van der Waals surface area contributed by atoms with E-state index in [0.717, 1.165) is 5.56 Å². The number of thiocarbonyl (C=S) groups is 1. The standard InChI is InChI=1S/C16H22N2S/c1-12(2)18-11-7-10-15(18)16(19)17-13(3)14-8-5-4-6-9-14/h4-6,8-9,13,15H,7,10-11H2,1-3H3/p+1/t13-,15+/m1/s1/i1D3,2D3. The van der Waals surface area contributed by atoms with Gasteiger partial charge >= 0.3 is 0 Å². The number of rotatable bonds is 3. The van der Waals surface area contributed by atoms with Crippen LogP contribution in [0.5, 0.6) is 0 Å². The Hall–Kier alpha value is -1.22. The van der Waals surface area contributed by atoms with Gasteiger partial charge < -0.3 is 5.32 Å². The fourth-order valence-corrected chi connectivity index (χ4v) is 2.86. The molecule has 2 rings (SSSR count). The van der Waals surface area contributed by atoms with E-state index in [4.69, 9.17) is 20.4 Å². The van der Waals surface area contributed by atoms with Gasteiger partial charge in [-0.1, -0.05) is 42.5 Å². The first kappa shape index (κ1) is 8.15. The molecule has 19 heavy (non-hydrogen) atoms. The molecule has 1 N–H and O–H groups in total. The smallest absolute Gasteiger partial charge is 0.202 e. The van der Waals surface area contributed by atoms with Gasteiger partial charge in [-0.2, -0.15) is 0 Å². The summed E-state index contributed by atoms with van der Waals surface area (Å²) in [5.74, 6) is 0.